The van der Waals surface area contributed by atoms with Crippen LogP contribution in [0.1, 0.15) is 43.2 Å². The lowest BCUT2D eigenvalue weighted by Gasteiger charge is -2.37. The van der Waals surface area contributed by atoms with Crippen molar-refractivity contribution in [2.45, 2.75) is 44.2 Å². The summed E-state index contributed by atoms with van der Waals surface area (Å²) in [7, 11) is 0. The highest BCUT2D eigenvalue weighted by Crippen LogP contribution is 2.42. The van der Waals surface area contributed by atoms with E-state index in [9.17, 15) is 0 Å². The SMILES string of the molecule is ClCCCN1C2CCC1CC(=C(c1ccccc1)c1ccccc1)C2. The Kier molecular flexibility index (Phi) is 5.24. The molecule has 2 unspecified atom stereocenters. The van der Waals surface area contributed by atoms with Gasteiger partial charge in [-0.15, -0.1) is 11.6 Å². The lowest BCUT2D eigenvalue weighted by Crippen LogP contribution is -2.41. The molecule has 4 rings (SSSR count). The third kappa shape index (κ3) is 3.54. The van der Waals surface area contributed by atoms with Gasteiger partial charge < -0.3 is 0 Å². The topological polar surface area (TPSA) is 3.24 Å². The molecule has 25 heavy (non-hydrogen) atoms. The lowest BCUT2D eigenvalue weighted by molar-refractivity contribution is 0.167. The van der Waals surface area contributed by atoms with Gasteiger partial charge in [0.1, 0.15) is 0 Å². The second-order valence-electron chi connectivity index (χ2n) is 7.28. The predicted octanol–water partition coefficient (Wildman–Crippen LogP) is 5.74. The zero-order valence-corrected chi connectivity index (χ0v) is 15.5. The summed E-state index contributed by atoms with van der Waals surface area (Å²) in [6.07, 6.45) is 6.20. The summed E-state index contributed by atoms with van der Waals surface area (Å²) in [5, 5.41) is 0. The molecule has 2 heterocycles. The van der Waals surface area contributed by atoms with Gasteiger partial charge in [0.05, 0.1) is 0 Å². The Balaban J connectivity index is 1.71. The average molecular weight is 352 g/mol. The molecule has 2 atom stereocenters. The van der Waals surface area contributed by atoms with Crippen LogP contribution in [-0.2, 0) is 0 Å². The van der Waals surface area contributed by atoms with Crippen LogP contribution in [0.3, 0.4) is 0 Å². The Morgan fingerprint density at radius 1 is 0.840 bits per heavy atom. The van der Waals surface area contributed by atoms with Crippen molar-refractivity contribution in [2.75, 3.05) is 12.4 Å². The smallest absolute Gasteiger partial charge is 0.0235 e. The van der Waals surface area contributed by atoms with E-state index >= 15 is 0 Å². The van der Waals surface area contributed by atoms with E-state index in [-0.39, 0.29) is 0 Å². The van der Waals surface area contributed by atoms with Gasteiger partial charge in [0.2, 0.25) is 0 Å². The average Bonchev–Trinajstić information content (AvgIpc) is 2.90. The first-order chi connectivity index (χ1) is 12.4. The molecule has 130 valence electrons. The number of nitrogens with zero attached hydrogens (tertiary/aromatic N) is 1. The van der Waals surface area contributed by atoms with Crippen molar-refractivity contribution in [2.24, 2.45) is 0 Å². The summed E-state index contributed by atoms with van der Waals surface area (Å²) < 4.78 is 0. The van der Waals surface area contributed by atoms with Gasteiger partial charge in [-0.3, -0.25) is 4.90 Å². The fourth-order valence-corrected chi connectivity index (χ4v) is 4.82. The standard InChI is InChI=1S/C23H26ClN/c24-14-7-15-25-21-12-13-22(25)17-20(16-21)23(18-8-3-1-4-9-18)19-10-5-2-6-11-19/h1-6,8-11,21-22H,7,12-17H2. The molecule has 0 amide bonds. The molecular formula is C23H26ClN. The van der Waals surface area contributed by atoms with Crippen LogP contribution in [0, 0.1) is 0 Å². The lowest BCUT2D eigenvalue weighted by atomic mass is 9.85. The molecule has 2 bridgehead atoms. The molecule has 2 aromatic rings. The molecule has 0 saturated carbocycles. The highest BCUT2D eigenvalue weighted by Gasteiger charge is 2.38. The second-order valence-corrected chi connectivity index (χ2v) is 7.66. The zero-order valence-electron chi connectivity index (χ0n) is 14.7. The number of halogens is 1. The maximum absolute atomic E-state index is 5.94. The predicted molar refractivity (Wildman–Crippen MR) is 107 cm³/mol. The molecule has 0 aliphatic carbocycles. The van der Waals surface area contributed by atoms with E-state index < -0.39 is 0 Å². The second kappa shape index (κ2) is 7.76. The Hall–Kier alpha value is -1.57. The first-order valence-electron chi connectivity index (χ1n) is 9.51. The minimum atomic E-state index is 0.708. The number of fused-ring (bicyclic) bond motifs is 2. The Morgan fingerprint density at radius 2 is 1.36 bits per heavy atom. The summed E-state index contributed by atoms with van der Waals surface area (Å²) in [6.45, 7) is 1.16. The third-order valence-electron chi connectivity index (χ3n) is 5.76. The quantitative estimate of drug-likeness (QED) is 0.620. The third-order valence-corrected chi connectivity index (χ3v) is 6.03. The monoisotopic (exact) mass is 351 g/mol. The molecule has 2 saturated heterocycles. The van der Waals surface area contributed by atoms with Crippen molar-refractivity contribution in [3.63, 3.8) is 0 Å². The van der Waals surface area contributed by atoms with E-state index in [1.165, 1.54) is 42.4 Å². The normalized spacial score (nSPS) is 23.0. The van der Waals surface area contributed by atoms with Gasteiger partial charge in [-0.1, -0.05) is 66.2 Å². The number of rotatable bonds is 5. The molecule has 2 aromatic carbocycles. The van der Waals surface area contributed by atoms with Crippen molar-refractivity contribution in [3.05, 3.63) is 77.4 Å². The number of hydrogen-bond acceptors (Lipinski definition) is 1. The summed E-state index contributed by atoms with van der Waals surface area (Å²) in [5.74, 6) is 0.776. The largest absolute Gasteiger partial charge is 0.297 e. The van der Waals surface area contributed by atoms with Gasteiger partial charge in [-0.2, -0.15) is 0 Å². The summed E-state index contributed by atoms with van der Waals surface area (Å²) >= 11 is 5.94. The molecule has 0 aromatic heterocycles. The number of piperidine rings is 1. The molecule has 0 spiro atoms. The van der Waals surface area contributed by atoms with Crippen molar-refractivity contribution in [1.82, 2.24) is 4.90 Å². The van der Waals surface area contributed by atoms with Gasteiger partial charge in [-0.25, -0.2) is 0 Å². The van der Waals surface area contributed by atoms with E-state index in [1.54, 1.807) is 5.57 Å². The van der Waals surface area contributed by atoms with Crippen molar-refractivity contribution in [3.8, 4) is 0 Å². The van der Waals surface area contributed by atoms with Gasteiger partial charge in [0.25, 0.3) is 0 Å². The summed E-state index contributed by atoms with van der Waals surface area (Å²) in [6, 6.07) is 23.3. The van der Waals surface area contributed by atoms with Crippen LogP contribution < -0.4 is 0 Å². The Labute approximate surface area is 156 Å². The van der Waals surface area contributed by atoms with Gasteiger partial charge in [0, 0.05) is 18.0 Å². The molecule has 0 N–H and O–H groups in total. The first kappa shape index (κ1) is 16.9. The molecule has 2 heteroatoms. The Bertz CT molecular complexity index is 665. The van der Waals surface area contributed by atoms with Gasteiger partial charge in [-0.05, 0) is 55.3 Å². The molecule has 1 nitrogen and oxygen atoms in total. The fourth-order valence-electron chi connectivity index (χ4n) is 4.70. The maximum Gasteiger partial charge on any atom is 0.0235 e. The molecular weight excluding hydrogens is 326 g/mol. The van der Waals surface area contributed by atoms with Crippen LogP contribution in [0.2, 0.25) is 0 Å². The number of benzene rings is 2. The van der Waals surface area contributed by atoms with Gasteiger partial charge in [0.15, 0.2) is 0 Å². The molecule has 2 fully saturated rings. The van der Waals surface area contributed by atoms with Crippen molar-refractivity contribution in [1.29, 1.82) is 0 Å². The van der Waals surface area contributed by atoms with Crippen LogP contribution in [0.4, 0.5) is 0 Å². The molecule has 2 aliphatic heterocycles. The Morgan fingerprint density at radius 3 is 1.84 bits per heavy atom. The molecule has 2 aliphatic rings. The van der Waals surface area contributed by atoms with Crippen LogP contribution in [-0.4, -0.2) is 29.4 Å². The zero-order chi connectivity index (χ0) is 17.1. The van der Waals surface area contributed by atoms with Crippen molar-refractivity contribution >= 4 is 17.2 Å². The van der Waals surface area contributed by atoms with Crippen LogP contribution in [0.5, 0.6) is 0 Å². The van der Waals surface area contributed by atoms with E-state index in [0.717, 1.165) is 18.8 Å². The minimum absolute atomic E-state index is 0.708. The maximum atomic E-state index is 5.94. The van der Waals surface area contributed by atoms with Crippen LogP contribution in [0.15, 0.2) is 66.2 Å². The van der Waals surface area contributed by atoms with E-state index in [2.05, 4.69) is 65.6 Å². The minimum Gasteiger partial charge on any atom is -0.297 e. The fraction of sp³-hybridized carbons (Fsp3) is 0.391. The van der Waals surface area contributed by atoms with E-state index in [4.69, 9.17) is 11.6 Å². The van der Waals surface area contributed by atoms with Crippen LogP contribution in [0.25, 0.3) is 5.57 Å². The van der Waals surface area contributed by atoms with E-state index in [0.29, 0.717) is 12.1 Å². The summed E-state index contributed by atoms with van der Waals surface area (Å²) in [4.78, 5) is 2.74. The highest BCUT2D eigenvalue weighted by molar-refractivity contribution is 6.17. The number of alkyl halides is 1. The van der Waals surface area contributed by atoms with Crippen LogP contribution >= 0.6 is 11.6 Å². The first-order valence-corrected chi connectivity index (χ1v) is 10.0. The van der Waals surface area contributed by atoms with E-state index in [1.807, 2.05) is 0 Å². The number of hydrogen-bond donors (Lipinski definition) is 0. The van der Waals surface area contributed by atoms with Gasteiger partial charge >= 0.3 is 0 Å². The highest BCUT2D eigenvalue weighted by atomic mass is 35.5. The summed E-state index contributed by atoms with van der Waals surface area (Å²) in [5.41, 5.74) is 5.83. The van der Waals surface area contributed by atoms with Crippen molar-refractivity contribution < 1.29 is 0 Å². The molecule has 0 radical (unpaired) electrons.